The van der Waals surface area contributed by atoms with Crippen molar-refractivity contribution in [2.24, 2.45) is 7.05 Å². The van der Waals surface area contributed by atoms with Crippen LogP contribution in [0.1, 0.15) is 26.5 Å². The molecule has 4 heterocycles. The Kier molecular flexibility index (Phi) is 5.11. The highest BCUT2D eigenvalue weighted by Crippen LogP contribution is 2.19. The predicted octanol–water partition coefficient (Wildman–Crippen LogP) is 2.30. The third-order valence-corrected chi connectivity index (χ3v) is 4.96. The van der Waals surface area contributed by atoms with Gasteiger partial charge in [0.1, 0.15) is 23.5 Å². The molecule has 2 amide bonds. The summed E-state index contributed by atoms with van der Waals surface area (Å²) in [5.41, 5.74) is 2.52. The minimum absolute atomic E-state index is 0.0997. The van der Waals surface area contributed by atoms with Crippen molar-refractivity contribution in [2.45, 2.75) is 6.54 Å². The zero-order valence-electron chi connectivity index (χ0n) is 17.5. The second-order valence-electron chi connectivity index (χ2n) is 7.17. The van der Waals surface area contributed by atoms with Gasteiger partial charge in [0.2, 0.25) is 5.78 Å². The molecule has 0 atom stereocenters. The number of aryl methyl sites for hydroxylation is 1. The smallest absolute Gasteiger partial charge is 0.275 e. The van der Waals surface area contributed by atoms with Gasteiger partial charge in [-0.05, 0) is 6.07 Å². The maximum Gasteiger partial charge on any atom is 0.275 e. The summed E-state index contributed by atoms with van der Waals surface area (Å²) in [6, 6.07) is 13.0. The van der Waals surface area contributed by atoms with Crippen LogP contribution >= 0.6 is 0 Å². The van der Waals surface area contributed by atoms with Crippen molar-refractivity contribution in [1.82, 2.24) is 34.6 Å². The molecule has 2 N–H and O–H groups in total. The molecular formula is C22H18N8O3. The Labute approximate surface area is 187 Å². The van der Waals surface area contributed by atoms with Crippen LogP contribution in [0.3, 0.4) is 0 Å². The normalized spacial score (nSPS) is 10.9. The van der Waals surface area contributed by atoms with Crippen molar-refractivity contribution < 1.29 is 14.1 Å². The summed E-state index contributed by atoms with van der Waals surface area (Å²) >= 11 is 0. The highest BCUT2D eigenvalue weighted by molar-refractivity contribution is 6.10. The van der Waals surface area contributed by atoms with Crippen molar-refractivity contribution >= 4 is 23.4 Å². The van der Waals surface area contributed by atoms with E-state index in [1.807, 2.05) is 36.5 Å². The lowest BCUT2D eigenvalue weighted by atomic mass is 10.2. The molecule has 5 aromatic rings. The number of benzene rings is 1. The predicted molar refractivity (Wildman–Crippen MR) is 117 cm³/mol. The number of aromatic nitrogens is 6. The molecule has 0 bridgehead atoms. The number of hydrogen-bond donors (Lipinski definition) is 2. The van der Waals surface area contributed by atoms with E-state index in [1.165, 1.54) is 17.1 Å². The zero-order chi connectivity index (χ0) is 22.8. The number of nitrogens with one attached hydrogen (secondary N) is 2. The minimum Gasteiger partial charge on any atom is -0.364 e. The van der Waals surface area contributed by atoms with Crippen LogP contribution in [0, 0.1) is 0 Å². The number of amides is 2. The third kappa shape index (κ3) is 4.06. The number of fused-ring (bicyclic) bond motifs is 1. The number of carbonyl (C=O) groups is 2. The zero-order valence-corrected chi connectivity index (χ0v) is 17.5. The van der Waals surface area contributed by atoms with Crippen LogP contribution in [0.15, 0.2) is 71.8 Å². The summed E-state index contributed by atoms with van der Waals surface area (Å²) in [5.74, 6) is -0.246. The van der Waals surface area contributed by atoms with Gasteiger partial charge in [0.25, 0.3) is 11.8 Å². The molecule has 0 unspecified atom stereocenters. The monoisotopic (exact) mass is 442 g/mol. The average molecular weight is 442 g/mol. The molecule has 0 aliphatic carbocycles. The van der Waals surface area contributed by atoms with Gasteiger partial charge >= 0.3 is 0 Å². The van der Waals surface area contributed by atoms with Gasteiger partial charge < -0.3 is 15.2 Å². The van der Waals surface area contributed by atoms with E-state index in [1.54, 1.807) is 29.8 Å². The molecule has 0 radical (unpaired) electrons. The number of carbonyl (C=O) groups excluding carboxylic acids is 2. The first kappa shape index (κ1) is 20.1. The van der Waals surface area contributed by atoms with E-state index in [4.69, 9.17) is 4.52 Å². The first-order valence-electron chi connectivity index (χ1n) is 10.0. The first-order chi connectivity index (χ1) is 16.1. The highest BCUT2D eigenvalue weighted by atomic mass is 16.5. The van der Waals surface area contributed by atoms with Gasteiger partial charge in [-0.15, -0.1) is 0 Å². The summed E-state index contributed by atoms with van der Waals surface area (Å²) in [5, 5.41) is 13.2. The third-order valence-electron chi connectivity index (χ3n) is 4.96. The van der Waals surface area contributed by atoms with Gasteiger partial charge in [-0.1, -0.05) is 35.5 Å². The topological polar surface area (TPSA) is 132 Å². The Balaban J connectivity index is 1.35. The van der Waals surface area contributed by atoms with Crippen molar-refractivity contribution in [3.8, 4) is 11.3 Å². The average Bonchev–Trinajstić information content (AvgIpc) is 3.57. The Morgan fingerprint density at radius 2 is 1.91 bits per heavy atom. The molecule has 33 heavy (non-hydrogen) atoms. The largest absolute Gasteiger partial charge is 0.364 e. The van der Waals surface area contributed by atoms with E-state index in [9.17, 15) is 9.59 Å². The summed E-state index contributed by atoms with van der Waals surface area (Å²) in [6.07, 6.45) is 6.37. The molecule has 11 nitrogen and oxygen atoms in total. The molecule has 11 heteroatoms. The number of nitrogens with zero attached hydrogens (tertiary/aromatic N) is 6. The quantitative estimate of drug-likeness (QED) is 0.412. The molecule has 0 saturated heterocycles. The van der Waals surface area contributed by atoms with Crippen LogP contribution in [-0.4, -0.2) is 41.1 Å². The van der Waals surface area contributed by atoms with Crippen LogP contribution in [0.2, 0.25) is 0 Å². The fraction of sp³-hybridized carbons (Fsp3) is 0.0909. The standard InChI is InChI=1S/C22H18N8O3/c1-29-19(16(12-24-29)20(31)23-11-15-8-10-33-28-15)21(32)26-18-7-9-30-13-17(25-22(30)27-18)14-5-3-2-4-6-14/h2-10,12-13H,11H2,1H3,(H,23,31)(H,25,26,27,32). The molecule has 0 spiro atoms. The number of rotatable bonds is 6. The Hall–Kier alpha value is -4.80. The molecule has 0 aliphatic rings. The second kappa shape index (κ2) is 8.38. The maximum atomic E-state index is 13.0. The van der Waals surface area contributed by atoms with Crippen molar-refractivity contribution in [3.05, 3.63) is 84.3 Å². The van der Waals surface area contributed by atoms with Crippen molar-refractivity contribution in [3.63, 3.8) is 0 Å². The molecule has 164 valence electrons. The fourth-order valence-corrected chi connectivity index (χ4v) is 3.33. The van der Waals surface area contributed by atoms with Gasteiger partial charge in [-0.2, -0.15) is 10.1 Å². The van der Waals surface area contributed by atoms with Gasteiger partial charge in [-0.3, -0.25) is 18.7 Å². The lowest BCUT2D eigenvalue weighted by Gasteiger charge is -2.08. The molecule has 5 rings (SSSR count). The summed E-state index contributed by atoms with van der Waals surface area (Å²) < 4.78 is 7.85. The minimum atomic E-state index is -0.520. The number of hydrogen-bond acceptors (Lipinski definition) is 7. The molecule has 1 aromatic carbocycles. The lowest BCUT2D eigenvalue weighted by Crippen LogP contribution is -2.27. The Bertz CT molecular complexity index is 1440. The van der Waals surface area contributed by atoms with Gasteiger partial charge in [0.05, 0.1) is 24.0 Å². The number of anilines is 1. The SMILES string of the molecule is Cn1ncc(C(=O)NCc2ccon2)c1C(=O)Nc1ccn2cc(-c3ccccc3)nc2n1. The summed E-state index contributed by atoms with van der Waals surface area (Å²) in [6.45, 7) is 0.160. The fourth-order valence-electron chi connectivity index (χ4n) is 3.33. The molecule has 0 saturated carbocycles. The molecule has 4 aromatic heterocycles. The van der Waals surface area contributed by atoms with Crippen LogP contribution in [0.5, 0.6) is 0 Å². The lowest BCUT2D eigenvalue weighted by molar-refractivity contribution is 0.0935. The van der Waals surface area contributed by atoms with E-state index in [0.717, 1.165) is 11.3 Å². The first-order valence-corrected chi connectivity index (χ1v) is 10.0. The van der Waals surface area contributed by atoms with Crippen molar-refractivity contribution in [2.75, 3.05) is 5.32 Å². The van der Waals surface area contributed by atoms with E-state index >= 15 is 0 Å². The second-order valence-corrected chi connectivity index (χ2v) is 7.17. The summed E-state index contributed by atoms with van der Waals surface area (Å²) in [4.78, 5) is 34.5. The van der Waals surface area contributed by atoms with E-state index < -0.39 is 11.8 Å². The van der Waals surface area contributed by atoms with Crippen LogP contribution in [0.25, 0.3) is 17.0 Å². The number of imidazole rings is 1. The molecule has 0 fully saturated rings. The van der Waals surface area contributed by atoms with E-state index in [-0.39, 0.29) is 17.8 Å². The van der Waals surface area contributed by atoms with E-state index in [2.05, 4.69) is 30.9 Å². The maximum absolute atomic E-state index is 13.0. The van der Waals surface area contributed by atoms with Gasteiger partial charge in [0, 0.05) is 31.1 Å². The Morgan fingerprint density at radius 3 is 2.70 bits per heavy atom. The van der Waals surface area contributed by atoms with Gasteiger partial charge in [0.15, 0.2) is 0 Å². The van der Waals surface area contributed by atoms with Crippen molar-refractivity contribution in [1.29, 1.82) is 0 Å². The van der Waals surface area contributed by atoms with Crippen LogP contribution in [0.4, 0.5) is 5.82 Å². The van der Waals surface area contributed by atoms with E-state index in [0.29, 0.717) is 17.3 Å². The summed E-state index contributed by atoms with van der Waals surface area (Å²) in [7, 11) is 1.58. The Morgan fingerprint density at radius 1 is 1.06 bits per heavy atom. The van der Waals surface area contributed by atoms with Crippen LogP contribution in [-0.2, 0) is 13.6 Å². The highest BCUT2D eigenvalue weighted by Gasteiger charge is 2.23. The molecule has 0 aliphatic heterocycles. The van der Waals surface area contributed by atoms with Crippen LogP contribution < -0.4 is 10.6 Å². The van der Waals surface area contributed by atoms with Gasteiger partial charge in [-0.25, -0.2) is 4.98 Å². The molecular weight excluding hydrogens is 424 g/mol.